The van der Waals surface area contributed by atoms with Crippen molar-refractivity contribution in [2.45, 2.75) is 75.5 Å². The zero-order valence-corrected chi connectivity index (χ0v) is 16.7. The number of rotatable bonds is 3. The second-order valence-corrected chi connectivity index (χ2v) is 5.78. The molecule has 3 aliphatic heterocycles. The van der Waals surface area contributed by atoms with E-state index in [1.807, 2.05) is 0 Å². The molecule has 34 heavy (non-hydrogen) atoms. The van der Waals surface area contributed by atoms with Crippen LogP contribution in [0.5, 0.6) is 0 Å². The van der Waals surface area contributed by atoms with Crippen molar-refractivity contribution in [2.24, 2.45) is 0 Å². The van der Waals surface area contributed by atoms with Gasteiger partial charge in [0.25, 0.3) is 0 Å². The van der Waals surface area contributed by atoms with Gasteiger partial charge in [0.05, 0.1) is 0 Å². The lowest BCUT2D eigenvalue weighted by Gasteiger charge is -2.31. The van der Waals surface area contributed by atoms with Gasteiger partial charge in [0, 0.05) is 0 Å². The Labute approximate surface area is 188 Å². The lowest BCUT2D eigenvalue weighted by atomic mass is 10.5. The fraction of sp³-hybridized carbons (Fsp3) is 0.857. The van der Waals surface area contributed by atoms with Gasteiger partial charge in [-0.15, -0.1) is 0 Å². The first-order valence-electron chi connectivity index (χ1n) is 8.73. The molecule has 0 saturated carbocycles. The molecule has 12 N–H and O–H groups in total. The van der Waals surface area contributed by atoms with Crippen LogP contribution >= 0.6 is 0 Å². The molecule has 3 aliphatic rings. The normalized spacial score (nSPS) is 39.2. The average Bonchev–Trinajstić information content (AvgIpc) is 3.28. The lowest BCUT2D eigenvalue weighted by molar-refractivity contribution is -0.412. The lowest BCUT2D eigenvalue weighted by Crippen LogP contribution is -2.49. The highest BCUT2D eigenvalue weighted by Crippen LogP contribution is 2.26. The summed E-state index contributed by atoms with van der Waals surface area (Å²) in [6.07, 6.45) is -18.5. The van der Waals surface area contributed by atoms with Crippen LogP contribution < -0.4 is 0 Å². The van der Waals surface area contributed by atoms with E-state index < -0.39 is 75.5 Å². The smallest absolute Gasteiger partial charge is 0.215 e. The largest absolute Gasteiger partial charge is 0.364 e. The standard InChI is InChI=1S/C6H10O8.C4H8O6.C2H6O4.C2H2O2/c7-1-2(8)12-5(11-1)6-13-3(9)4(10)14-6;5-1-2(6)10-4(8)3(7)9-1;3-1(4)2(5)6;3-1-2-4/h1-10H;1-8H;1-6H;1-2H. The monoisotopic (exact) mass is 514 g/mol. The molecule has 3 rings (SSSR count). The van der Waals surface area contributed by atoms with Gasteiger partial charge < -0.3 is 89.7 Å². The first kappa shape index (κ1) is 32.6. The van der Waals surface area contributed by atoms with Crippen molar-refractivity contribution in [1.29, 1.82) is 0 Å². The van der Waals surface area contributed by atoms with E-state index in [0.717, 1.165) is 0 Å². The van der Waals surface area contributed by atoms with Crippen LogP contribution in [-0.4, -0.2) is 149 Å². The molecule has 3 fully saturated rings. The Morgan fingerprint density at radius 1 is 0.412 bits per heavy atom. The fourth-order valence-corrected chi connectivity index (χ4v) is 1.69. The van der Waals surface area contributed by atoms with Crippen molar-refractivity contribution in [3.8, 4) is 0 Å². The summed E-state index contributed by atoms with van der Waals surface area (Å²) < 4.78 is 27.1. The zero-order chi connectivity index (χ0) is 26.6. The van der Waals surface area contributed by atoms with Crippen LogP contribution in [0, 0.1) is 0 Å². The van der Waals surface area contributed by atoms with Crippen molar-refractivity contribution in [2.75, 3.05) is 0 Å². The van der Waals surface area contributed by atoms with E-state index in [-0.39, 0.29) is 12.6 Å². The molecule has 0 amide bonds. The van der Waals surface area contributed by atoms with E-state index in [1.165, 1.54) is 0 Å². The van der Waals surface area contributed by atoms with Gasteiger partial charge in [0.2, 0.25) is 75.5 Å². The molecule has 8 unspecified atom stereocenters. The maximum absolute atomic E-state index is 8.93. The molecule has 0 aromatic carbocycles. The van der Waals surface area contributed by atoms with Crippen molar-refractivity contribution >= 4 is 12.6 Å². The van der Waals surface area contributed by atoms with E-state index >= 15 is 0 Å². The van der Waals surface area contributed by atoms with Crippen LogP contribution in [-0.2, 0) is 38.0 Å². The highest BCUT2D eigenvalue weighted by atomic mass is 16.9. The molecule has 8 atom stereocenters. The third-order valence-electron chi connectivity index (χ3n) is 3.17. The van der Waals surface area contributed by atoms with Crippen molar-refractivity contribution < 1.29 is 99.3 Å². The van der Waals surface area contributed by atoms with E-state index in [2.05, 4.69) is 28.4 Å². The molecule has 0 bridgehead atoms. The molecule has 3 saturated heterocycles. The highest BCUT2D eigenvalue weighted by Gasteiger charge is 2.46. The summed E-state index contributed by atoms with van der Waals surface area (Å²) in [5.74, 6) is 0. The first-order chi connectivity index (χ1) is 15.7. The number of aldehydes is 2. The van der Waals surface area contributed by atoms with E-state index in [0.29, 0.717) is 0 Å². The van der Waals surface area contributed by atoms with Crippen molar-refractivity contribution in [3.63, 3.8) is 0 Å². The predicted octanol–water partition coefficient (Wildman–Crippen LogP) is -8.70. The Morgan fingerprint density at radius 3 is 0.735 bits per heavy atom. The molecule has 0 spiro atoms. The molecule has 3 heterocycles. The minimum Gasteiger partial charge on any atom is -0.364 e. The number of aliphatic hydroxyl groups is 12. The Kier molecular flexibility index (Phi) is 15.7. The topological polar surface area (TPSA) is 332 Å². The minimum absolute atomic E-state index is 0.194. The molecule has 0 aliphatic carbocycles. The third kappa shape index (κ3) is 11.8. The molecule has 0 aromatic heterocycles. The van der Waals surface area contributed by atoms with Gasteiger partial charge in [-0.3, -0.25) is 9.59 Å². The number of ether oxygens (including phenoxy) is 6. The van der Waals surface area contributed by atoms with Gasteiger partial charge in [0.15, 0.2) is 12.6 Å². The predicted molar refractivity (Wildman–Crippen MR) is 90.7 cm³/mol. The Balaban J connectivity index is 0.000000477. The molecule has 0 radical (unpaired) electrons. The number of aliphatic hydroxyl groups excluding tert-OH is 10. The van der Waals surface area contributed by atoms with Crippen LogP contribution in [0.3, 0.4) is 0 Å². The Hall–Kier alpha value is -1.38. The fourth-order valence-electron chi connectivity index (χ4n) is 1.69. The Morgan fingerprint density at radius 2 is 0.588 bits per heavy atom. The van der Waals surface area contributed by atoms with Crippen LogP contribution in [0.25, 0.3) is 0 Å². The van der Waals surface area contributed by atoms with Gasteiger partial charge in [-0.2, -0.15) is 0 Å². The summed E-state index contributed by atoms with van der Waals surface area (Å²) in [4.78, 5) is 17.6. The maximum atomic E-state index is 8.93. The van der Waals surface area contributed by atoms with Gasteiger partial charge in [-0.25, -0.2) is 0 Å². The van der Waals surface area contributed by atoms with E-state index in [4.69, 9.17) is 70.9 Å². The summed E-state index contributed by atoms with van der Waals surface area (Å²) in [6.45, 7) is 0. The van der Waals surface area contributed by atoms with Crippen molar-refractivity contribution in [1.82, 2.24) is 0 Å². The van der Waals surface area contributed by atoms with Crippen LogP contribution in [0.4, 0.5) is 0 Å². The first-order valence-corrected chi connectivity index (χ1v) is 8.73. The summed E-state index contributed by atoms with van der Waals surface area (Å²) in [6, 6.07) is 0. The number of hydrogen-bond donors (Lipinski definition) is 12. The van der Waals surface area contributed by atoms with Crippen molar-refractivity contribution in [3.05, 3.63) is 0 Å². The number of carbonyl (C=O) groups is 2. The van der Waals surface area contributed by atoms with E-state index in [9.17, 15) is 0 Å². The summed E-state index contributed by atoms with van der Waals surface area (Å²) >= 11 is 0. The van der Waals surface area contributed by atoms with Gasteiger partial charge in [-0.1, -0.05) is 0 Å². The molecule has 20 heteroatoms. The Bertz CT molecular complexity index is 481. The molecule has 20 nitrogen and oxygen atoms in total. The van der Waals surface area contributed by atoms with Crippen LogP contribution in [0.2, 0.25) is 0 Å². The molecular formula is C14H26O20. The average molecular weight is 514 g/mol. The quantitative estimate of drug-likeness (QED) is 0.0944. The van der Waals surface area contributed by atoms with Crippen LogP contribution in [0.1, 0.15) is 0 Å². The highest BCUT2D eigenvalue weighted by molar-refractivity contribution is 6.09. The van der Waals surface area contributed by atoms with Gasteiger partial charge >= 0.3 is 0 Å². The molecule has 0 aromatic rings. The summed E-state index contributed by atoms with van der Waals surface area (Å²) in [5.41, 5.74) is 0. The third-order valence-corrected chi connectivity index (χ3v) is 3.17. The molecular weight excluding hydrogens is 488 g/mol. The number of hydrogen-bond acceptors (Lipinski definition) is 20. The second kappa shape index (κ2) is 16.3. The van der Waals surface area contributed by atoms with Crippen LogP contribution in [0.15, 0.2) is 0 Å². The summed E-state index contributed by atoms with van der Waals surface area (Å²) in [7, 11) is 0. The maximum Gasteiger partial charge on any atom is 0.215 e. The summed E-state index contributed by atoms with van der Waals surface area (Å²) in [5, 5.41) is 101. The second-order valence-electron chi connectivity index (χ2n) is 5.78. The molecule has 202 valence electrons. The van der Waals surface area contributed by atoms with Gasteiger partial charge in [0.1, 0.15) is 0 Å². The van der Waals surface area contributed by atoms with Gasteiger partial charge in [-0.05, 0) is 0 Å². The van der Waals surface area contributed by atoms with E-state index in [1.54, 1.807) is 0 Å². The SMILES string of the molecule is O=CC=O.OC(O)C(O)O.OC1OC(C2OC(O)C(O)O2)OC1O.OC1OC(O)C(O)OC1O. The number of carbonyl (C=O) groups excluding carboxylic acids is 2. The zero-order valence-electron chi connectivity index (χ0n) is 16.7. The minimum atomic E-state index is -2.04.